The molecule has 7 nitrogen and oxygen atoms in total. The van der Waals surface area contributed by atoms with E-state index in [4.69, 9.17) is 0 Å². The predicted molar refractivity (Wildman–Crippen MR) is 95.5 cm³/mol. The summed E-state index contributed by atoms with van der Waals surface area (Å²) in [5, 5.41) is 11.7. The molecule has 3 heterocycles. The Morgan fingerprint density at radius 3 is 2.64 bits per heavy atom. The van der Waals surface area contributed by atoms with Gasteiger partial charge in [-0.25, -0.2) is 4.52 Å². The molecule has 1 aromatic carbocycles. The average molecular weight is 334 g/mol. The first-order chi connectivity index (χ1) is 12.1. The first-order valence-electron chi connectivity index (χ1n) is 7.95. The first kappa shape index (κ1) is 15.2. The summed E-state index contributed by atoms with van der Waals surface area (Å²) >= 11 is 0. The van der Waals surface area contributed by atoms with Crippen LogP contribution in [0.15, 0.2) is 48.9 Å². The summed E-state index contributed by atoms with van der Waals surface area (Å²) in [5.74, 6) is 0.458. The minimum absolute atomic E-state index is 0.211. The van der Waals surface area contributed by atoms with E-state index in [9.17, 15) is 4.79 Å². The van der Waals surface area contributed by atoms with E-state index in [-0.39, 0.29) is 5.91 Å². The second kappa shape index (κ2) is 5.62. The van der Waals surface area contributed by atoms with Crippen molar-refractivity contribution in [3.8, 4) is 11.1 Å². The number of nitrogens with one attached hydrogen (secondary N) is 1. The van der Waals surface area contributed by atoms with Crippen molar-refractivity contribution in [1.82, 2.24) is 24.0 Å². The fraction of sp³-hybridized carbons (Fsp3) is 0.167. The van der Waals surface area contributed by atoms with Crippen molar-refractivity contribution in [2.24, 2.45) is 14.1 Å². The monoisotopic (exact) mass is 334 g/mol. The maximum atomic E-state index is 12.9. The van der Waals surface area contributed by atoms with E-state index in [2.05, 4.69) is 15.5 Å². The molecule has 0 radical (unpaired) electrons. The third-order valence-corrected chi connectivity index (χ3v) is 4.30. The molecule has 0 unspecified atom stereocenters. The summed E-state index contributed by atoms with van der Waals surface area (Å²) in [6, 6.07) is 9.92. The van der Waals surface area contributed by atoms with E-state index >= 15 is 0 Å². The van der Waals surface area contributed by atoms with Gasteiger partial charge < -0.3 is 9.88 Å². The summed E-state index contributed by atoms with van der Waals surface area (Å²) in [7, 11) is 3.71. The Balaban J connectivity index is 1.76. The van der Waals surface area contributed by atoms with E-state index in [1.807, 2.05) is 68.3 Å². The Morgan fingerprint density at radius 1 is 1.12 bits per heavy atom. The number of hydrogen-bond acceptors (Lipinski definition) is 3. The Labute approximate surface area is 144 Å². The highest BCUT2D eigenvalue weighted by molar-refractivity contribution is 6.09. The van der Waals surface area contributed by atoms with Crippen LogP contribution in [-0.2, 0) is 14.1 Å². The first-order valence-corrected chi connectivity index (χ1v) is 7.95. The molecule has 0 aliphatic heterocycles. The lowest BCUT2D eigenvalue weighted by Crippen LogP contribution is -2.15. The standard InChI is InChI=1S/C18H18N6O/c1-12-15(13-7-5-4-6-8-13)16(23(3)21-12)20-17(25)14-11-19-24-10-9-22(2)18(14)24/h4-11H,1-3H3,(H,20,25). The fourth-order valence-electron chi connectivity index (χ4n) is 3.14. The zero-order valence-corrected chi connectivity index (χ0v) is 14.3. The third-order valence-electron chi connectivity index (χ3n) is 4.30. The fourth-order valence-corrected chi connectivity index (χ4v) is 3.14. The molecule has 0 aliphatic rings. The number of hydrogen-bond donors (Lipinski definition) is 1. The highest BCUT2D eigenvalue weighted by atomic mass is 16.1. The summed E-state index contributed by atoms with van der Waals surface area (Å²) in [6.45, 7) is 1.94. The second-order valence-corrected chi connectivity index (χ2v) is 5.99. The van der Waals surface area contributed by atoms with Gasteiger partial charge in [0, 0.05) is 32.1 Å². The highest BCUT2D eigenvalue weighted by Crippen LogP contribution is 2.31. The number of carbonyl (C=O) groups is 1. The zero-order valence-electron chi connectivity index (χ0n) is 14.3. The van der Waals surface area contributed by atoms with Gasteiger partial charge in [-0.3, -0.25) is 9.48 Å². The van der Waals surface area contributed by atoms with Crippen LogP contribution in [0, 0.1) is 6.92 Å². The number of imidazole rings is 1. The molecule has 25 heavy (non-hydrogen) atoms. The van der Waals surface area contributed by atoms with Gasteiger partial charge in [-0.1, -0.05) is 30.3 Å². The molecule has 4 aromatic rings. The maximum absolute atomic E-state index is 12.9. The molecule has 0 spiro atoms. The van der Waals surface area contributed by atoms with Gasteiger partial charge in [-0.15, -0.1) is 0 Å². The molecule has 0 saturated heterocycles. The van der Waals surface area contributed by atoms with Gasteiger partial charge in [0.05, 0.1) is 11.9 Å². The van der Waals surface area contributed by atoms with Gasteiger partial charge in [0.1, 0.15) is 17.0 Å². The summed E-state index contributed by atoms with van der Waals surface area (Å²) in [4.78, 5) is 12.9. The molecule has 0 aliphatic carbocycles. The van der Waals surface area contributed by atoms with Crippen LogP contribution in [0.5, 0.6) is 0 Å². The minimum atomic E-state index is -0.211. The van der Waals surface area contributed by atoms with Gasteiger partial charge in [0.25, 0.3) is 5.91 Å². The molecular weight excluding hydrogens is 316 g/mol. The quantitative estimate of drug-likeness (QED) is 0.626. The lowest BCUT2D eigenvalue weighted by atomic mass is 10.1. The van der Waals surface area contributed by atoms with Crippen molar-refractivity contribution in [3.63, 3.8) is 0 Å². The molecule has 1 amide bonds. The Morgan fingerprint density at radius 2 is 1.88 bits per heavy atom. The summed E-state index contributed by atoms with van der Waals surface area (Å²) in [6.07, 6.45) is 5.26. The predicted octanol–water partition coefficient (Wildman–Crippen LogP) is 2.63. The summed E-state index contributed by atoms with van der Waals surface area (Å²) in [5.41, 5.74) is 4.07. The molecule has 0 atom stereocenters. The van der Waals surface area contributed by atoms with Gasteiger partial charge in [0.15, 0.2) is 0 Å². The van der Waals surface area contributed by atoms with Crippen molar-refractivity contribution >= 4 is 17.4 Å². The van der Waals surface area contributed by atoms with Crippen LogP contribution in [0.3, 0.4) is 0 Å². The topological polar surface area (TPSA) is 69.2 Å². The lowest BCUT2D eigenvalue weighted by Gasteiger charge is -2.09. The van der Waals surface area contributed by atoms with Crippen molar-refractivity contribution in [3.05, 3.63) is 60.2 Å². The third kappa shape index (κ3) is 2.40. The number of nitrogens with zero attached hydrogens (tertiary/aromatic N) is 5. The van der Waals surface area contributed by atoms with Crippen LogP contribution in [0.25, 0.3) is 16.8 Å². The van der Waals surface area contributed by atoms with Gasteiger partial charge >= 0.3 is 0 Å². The molecule has 7 heteroatoms. The minimum Gasteiger partial charge on any atom is -0.334 e. The number of benzene rings is 1. The average Bonchev–Trinajstić information content (AvgIpc) is 3.25. The van der Waals surface area contributed by atoms with Crippen LogP contribution in [-0.4, -0.2) is 29.9 Å². The molecule has 0 bridgehead atoms. The molecule has 0 fully saturated rings. The Hall–Kier alpha value is -3.35. The molecule has 126 valence electrons. The van der Waals surface area contributed by atoms with Crippen LogP contribution in [0.4, 0.5) is 5.82 Å². The van der Waals surface area contributed by atoms with Crippen LogP contribution < -0.4 is 5.32 Å². The molecule has 3 aromatic heterocycles. The number of aromatic nitrogens is 5. The van der Waals surface area contributed by atoms with E-state index < -0.39 is 0 Å². The molecule has 4 rings (SSSR count). The lowest BCUT2D eigenvalue weighted by molar-refractivity contribution is 0.102. The zero-order chi connectivity index (χ0) is 17.6. The smallest absolute Gasteiger partial charge is 0.262 e. The number of carbonyl (C=O) groups excluding carboxylic acids is 1. The Kier molecular flexibility index (Phi) is 3.42. The van der Waals surface area contributed by atoms with Gasteiger partial charge in [0.2, 0.25) is 0 Å². The summed E-state index contributed by atoms with van der Waals surface area (Å²) < 4.78 is 5.25. The van der Waals surface area contributed by atoms with Crippen LogP contribution in [0.2, 0.25) is 0 Å². The molecule has 0 saturated carbocycles. The van der Waals surface area contributed by atoms with Crippen molar-refractivity contribution in [2.45, 2.75) is 6.92 Å². The van der Waals surface area contributed by atoms with Crippen LogP contribution >= 0.6 is 0 Å². The Bertz CT molecular complexity index is 1070. The van der Waals surface area contributed by atoms with E-state index in [1.165, 1.54) is 0 Å². The SMILES string of the molecule is Cc1nn(C)c(NC(=O)c2cnn3ccn(C)c23)c1-c1ccccc1. The van der Waals surface area contributed by atoms with Crippen molar-refractivity contribution in [1.29, 1.82) is 0 Å². The number of aryl methyl sites for hydroxylation is 3. The number of anilines is 1. The van der Waals surface area contributed by atoms with Crippen molar-refractivity contribution < 1.29 is 4.79 Å². The molecule has 1 N–H and O–H groups in total. The molecular formula is C18H18N6O. The number of rotatable bonds is 3. The number of fused-ring (bicyclic) bond motifs is 1. The second-order valence-electron chi connectivity index (χ2n) is 5.99. The van der Waals surface area contributed by atoms with E-state index in [1.54, 1.807) is 15.4 Å². The largest absolute Gasteiger partial charge is 0.334 e. The van der Waals surface area contributed by atoms with Gasteiger partial charge in [-0.2, -0.15) is 10.2 Å². The van der Waals surface area contributed by atoms with E-state index in [0.29, 0.717) is 11.4 Å². The van der Waals surface area contributed by atoms with Crippen molar-refractivity contribution in [2.75, 3.05) is 5.32 Å². The normalized spacial score (nSPS) is 11.2. The maximum Gasteiger partial charge on any atom is 0.262 e. The van der Waals surface area contributed by atoms with Crippen LogP contribution in [0.1, 0.15) is 16.1 Å². The van der Waals surface area contributed by atoms with E-state index in [0.717, 1.165) is 22.5 Å². The number of amides is 1. The van der Waals surface area contributed by atoms with Gasteiger partial charge in [-0.05, 0) is 12.5 Å². The highest BCUT2D eigenvalue weighted by Gasteiger charge is 2.21.